The van der Waals surface area contributed by atoms with Crippen molar-refractivity contribution in [1.82, 2.24) is 5.32 Å². The molecule has 0 aromatic heterocycles. The smallest absolute Gasteiger partial charge is 0.379 e. The average Bonchev–Trinajstić information content (AvgIpc) is 2.43. The van der Waals surface area contributed by atoms with Gasteiger partial charge in [0.25, 0.3) is 5.78 Å². The number of carbonyl (C=O) groups excluding carboxylic acids is 3. The zero-order valence-corrected chi connectivity index (χ0v) is 11.5. The van der Waals surface area contributed by atoms with E-state index in [4.69, 9.17) is 0 Å². The number of Topliss-reactive ketones (excluding diaryl/α,β-unsaturated/α-hetero) is 1. The predicted octanol–water partition coefficient (Wildman–Crippen LogP) is 1.58. The highest BCUT2D eigenvalue weighted by Gasteiger charge is 2.16. The second-order valence-electron chi connectivity index (χ2n) is 4.01. The van der Waals surface area contributed by atoms with Crippen molar-refractivity contribution in [3.8, 4) is 0 Å². The van der Waals surface area contributed by atoms with Gasteiger partial charge in [-0.3, -0.25) is 9.59 Å². The van der Waals surface area contributed by atoms with Gasteiger partial charge in [0, 0.05) is 19.0 Å². The number of hydrogen-bond acceptors (Lipinski definition) is 4. The zero-order valence-electron chi connectivity index (χ0n) is 11.5. The Morgan fingerprint density at radius 1 is 1.20 bits per heavy atom. The molecule has 0 bridgehead atoms. The van der Waals surface area contributed by atoms with Gasteiger partial charge in [0.1, 0.15) is 0 Å². The lowest BCUT2D eigenvalue weighted by Crippen LogP contribution is -2.19. The molecule has 106 valence electrons. The molecule has 0 saturated carbocycles. The van der Waals surface area contributed by atoms with Gasteiger partial charge in [0.15, 0.2) is 0 Å². The van der Waals surface area contributed by atoms with Crippen molar-refractivity contribution in [3.05, 3.63) is 41.5 Å². The van der Waals surface area contributed by atoms with E-state index in [1.807, 2.05) is 6.08 Å². The van der Waals surface area contributed by atoms with Crippen LogP contribution in [0.15, 0.2) is 30.3 Å². The van der Waals surface area contributed by atoms with E-state index in [0.29, 0.717) is 12.1 Å². The zero-order chi connectivity index (χ0) is 15.0. The number of ether oxygens (including phenoxy) is 1. The molecule has 0 unspecified atom stereocenters. The fraction of sp³-hybridized carbons (Fsp3) is 0.267. The largest absolute Gasteiger partial charge is 0.460 e. The molecule has 0 aliphatic rings. The van der Waals surface area contributed by atoms with Crippen LogP contribution < -0.4 is 5.32 Å². The van der Waals surface area contributed by atoms with Crippen molar-refractivity contribution in [2.75, 3.05) is 13.2 Å². The number of carbonyl (C=O) groups is 3. The molecule has 0 aliphatic carbocycles. The summed E-state index contributed by atoms with van der Waals surface area (Å²) in [5.41, 5.74) is 1.17. The normalized spacial score (nSPS) is 10.3. The Hall–Kier alpha value is -2.43. The van der Waals surface area contributed by atoms with Crippen molar-refractivity contribution in [2.45, 2.75) is 13.8 Å². The Morgan fingerprint density at radius 3 is 2.40 bits per heavy atom. The molecule has 5 heteroatoms. The van der Waals surface area contributed by atoms with Gasteiger partial charge in [0.2, 0.25) is 5.91 Å². The van der Waals surface area contributed by atoms with Crippen LogP contribution in [0.5, 0.6) is 0 Å². The average molecular weight is 275 g/mol. The third-order valence-electron chi connectivity index (χ3n) is 2.41. The van der Waals surface area contributed by atoms with E-state index in [9.17, 15) is 14.4 Å². The Morgan fingerprint density at radius 2 is 1.85 bits per heavy atom. The topological polar surface area (TPSA) is 72.5 Å². The van der Waals surface area contributed by atoms with Gasteiger partial charge >= 0.3 is 5.97 Å². The molecule has 1 amide bonds. The maximum absolute atomic E-state index is 11.6. The second-order valence-corrected chi connectivity index (χ2v) is 4.01. The van der Waals surface area contributed by atoms with Crippen LogP contribution in [0.4, 0.5) is 0 Å². The molecule has 1 aromatic carbocycles. The van der Waals surface area contributed by atoms with Crippen molar-refractivity contribution < 1.29 is 19.1 Å². The third-order valence-corrected chi connectivity index (χ3v) is 2.41. The number of amides is 1. The lowest BCUT2D eigenvalue weighted by molar-refractivity contribution is -0.137. The minimum absolute atomic E-state index is 0.0926. The van der Waals surface area contributed by atoms with E-state index in [1.165, 1.54) is 6.92 Å². The number of nitrogens with one attached hydrogen (secondary N) is 1. The molecule has 0 fully saturated rings. The molecule has 5 nitrogen and oxygen atoms in total. The molecule has 1 N–H and O–H groups in total. The standard InChI is InChI=1S/C15H17NO4/c1-3-20-15(19)14(18)13-8-6-12(7-9-13)5-4-10-16-11(2)17/h4-9H,3,10H2,1-2H3,(H,16,17). The first-order valence-electron chi connectivity index (χ1n) is 6.27. The summed E-state index contributed by atoms with van der Waals surface area (Å²) in [7, 11) is 0. The van der Waals surface area contributed by atoms with E-state index in [2.05, 4.69) is 10.1 Å². The predicted molar refractivity (Wildman–Crippen MR) is 75.1 cm³/mol. The summed E-state index contributed by atoms with van der Waals surface area (Å²) < 4.78 is 4.65. The summed E-state index contributed by atoms with van der Waals surface area (Å²) in [4.78, 5) is 33.6. The number of benzene rings is 1. The van der Waals surface area contributed by atoms with E-state index in [-0.39, 0.29) is 12.5 Å². The van der Waals surface area contributed by atoms with E-state index in [0.717, 1.165) is 5.56 Å². The number of esters is 1. The van der Waals surface area contributed by atoms with E-state index in [1.54, 1.807) is 37.3 Å². The van der Waals surface area contributed by atoms with Gasteiger partial charge in [0.05, 0.1) is 6.61 Å². The molecule has 0 heterocycles. The van der Waals surface area contributed by atoms with Crippen LogP contribution in [0.2, 0.25) is 0 Å². The van der Waals surface area contributed by atoms with E-state index < -0.39 is 11.8 Å². The first-order valence-corrected chi connectivity index (χ1v) is 6.27. The van der Waals surface area contributed by atoms with Crippen molar-refractivity contribution in [3.63, 3.8) is 0 Å². The fourth-order valence-corrected chi connectivity index (χ4v) is 1.46. The van der Waals surface area contributed by atoms with Gasteiger partial charge in [-0.1, -0.05) is 36.4 Å². The molecule has 0 spiro atoms. The first kappa shape index (κ1) is 15.6. The van der Waals surface area contributed by atoms with Gasteiger partial charge in [-0.15, -0.1) is 0 Å². The van der Waals surface area contributed by atoms with Gasteiger partial charge < -0.3 is 10.1 Å². The van der Waals surface area contributed by atoms with Crippen LogP contribution in [0.25, 0.3) is 6.08 Å². The molecular formula is C15H17NO4. The Labute approximate surface area is 117 Å². The van der Waals surface area contributed by atoms with Crippen molar-refractivity contribution in [1.29, 1.82) is 0 Å². The second kappa shape index (κ2) is 7.89. The van der Waals surface area contributed by atoms with Crippen LogP contribution in [-0.4, -0.2) is 30.8 Å². The molecule has 0 radical (unpaired) electrons. The van der Waals surface area contributed by atoms with Gasteiger partial charge in [-0.2, -0.15) is 0 Å². The molecule has 0 atom stereocenters. The fourth-order valence-electron chi connectivity index (χ4n) is 1.46. The van der Waals surface area contributed by atoms with Crippen LogP contribution in [-0.2, 0) is 14.3 Å². The van der Waals surface area contributed by atoms with Crippen LogP contribution >= 0.6 is 0 Å². The summed E-state index contributed by atoms with van der Waals surface area (Å²) in [5, 5.41) is 2.63. The quantitative estimate of drug-likeness (QED) is 0.486. The number of rotatable bonds is 6. The molecule has 1 rings (SSSR count). The van der Waals surface area contributed by atoms with Gasteiger partial charge in [-0.25, -0.2) is 4.79 Å². The number of hydrogen-bond donors (Lipinski definition) is 1. The van der Waals surface area contributed by atoms with Crippen molar-refractivity contribution in [2.24, 2.45) is 0 Å². The first-order chi connectivity index (χ1) is 9.54. The molecule has 0 aliphatic heterocycles. The number of ketones is 1. The Kier molecular flexibility index (Phi) is 6.16. The monoisotopic (exact) mass is 275 g/mol. The molecule has 1 aromatic rings. The van der Waals surface area contributed by atoms with Crippen LogP contribution in [0.1, 0.15) is 29.8 Å². The lowest BCUT2D eigenvalue weighted by atomic mass is 10.1. The summed E-state index contributed by atoms with van der Waals surface area (Å²) in [6.45, 7) is 3.71. The Bertz CT molecular complexity index is 517. The maximum atomic E-state index is 11.6. The molecular weight excluding hydrogens is 258 g/mol. The maximum Gasteiger partial charge on any atom is 0.379 e. The summed E-state index contributed by atoms with van der Waals surface area (Å²) in [5.74, 6) is -1.59. The molecule has 20 heavy (non-hydrogen) atoms. The molecule has 0 saturated heterocycles. The summed E-state index contributed by atoms with van der Waals surface area (Å²) in [6, 6.07) is 6.57. The van der Waals surface area contributed by atoms with Crippen LogP contribution in [0, 0.1) is 0 Å². The lowest BCUT2D eigenvalue weighted by Gasteiger charge is -2.01. The SMILES string of the molecule is CCOC(=O)C(=O)c1ccc(C=CCNC(C)=O)cc1. The summed E-state index contributed by atoms with van der Waals surface area (Å²) in [6.07, 6.45) is 3.61. The van der Waals surface area contributed by atoms with Crippen LogP contribution in [0.3, 0.4) is 0 Å². The Balaban J connectivity index is 2.62. The minimum atomic E-state index is -0.846. The van der Waals surface area contributed by atoms with Crippen molar-refractivity contribution >= 4 is 23.7 Å². The van der Waals surface area contributed by atoms with E-state index >= 15 is 0 Å². The highest BCUT2D eigenvalue weighted by atomic mass is 16.5. The highest BCUT2D eigenvalue weighted by molar-refractivity contribution is 6.40. The third kappa shape index (κ3) is 5.06. The minimum Gasteiger partial charge on any atom is -0.460 e. The highest BCUT2D eigenvalue weighted by Crippen LogP contribution is 2.07. The van der Waals surface area contributed by atoms with Gasteiger partial charge in [-0.05, 0) is 12.5 Å². The summed E-state index contributed by atoms with van der Waals surface area (Å²) >= 11 is 0.